The molecule has 4 rings (SSSR count). The summed E-state index contributed by atoms with van der Waals surface area (Å²) in [5.74, 6) is 0.846. The standard InChI is InChI=1S/C21H35N3O4/c1-14(2)22-19(25)10-15-12-24(16-4-3-5-16)17-13-28-18(21(15)17)11-20(26)23-6-8-27-9-7-23/h14-18,21H,3-13H2,1-2H3,(H,22,25)/t15-,17-,18+,21-/m1/s1. The average Bonchev–Trinajstić information content (AvgIpc) is 3.16. The normalized spacial score (nSPS) is 33.8. The Balaban J connectivity index is 1.43. The van der Waals surface area contributed by atoms with Crippen molar-refractivity contribution < 1.29 is 19.1 Å². The lowest BCUT2D eigenvalue weighted by Crippen LogP contribution is -2.45. The number of carbonyl (C=O) groups excluding carboxylic acids is 2. The number of morpholine rings is 1. The highest BCUT2D eigenvalue weighted by Crippen LogP contribution is 2.45. The van der Waals surface area contributed by atoms with Crippen LogP contribution in [0.5, 0.6) is 0 Å². The van der Waals surface area contributed by atoms with Crippen LogP contribution in [0.3, 0.4) is 0 Å². The lowest BCUT2D eigenvalue weighted by molar-refractivity contribution is -0.138. The van der Waals surface area contributed by atoms with E-state index >= 15 is 0 Å². The zero-order valence-electron chi connectivity index (χ0n) is 17.3. The molecule has 2 amide bonds. The summed E-state index contributed by atoms with van der Waals surface area (Å²) < 4.78 is 11.5. The molecule has 3 saturated heterocycles. The van der Waals surface area contributed by atoms with Crippen LogP contribution >= 0.6 is 0 Å². The molecule has 0 bridgehead atoms. The molecule has 0 aromatic heterocycles. The van der Waals surface area contributed by atoms with Gasteiger partial charge in [0.05, 0.1) is 32.3 Å². The molecule has 4 fully saturated rings. The van der Waals surface area contributed by atoms with Gasteiger partial charge in [-0.3, -0.25) is 14.5 Å². The van der Waals surface area contributed by atoms with Crippen LogP contribution in [0.15, 0.2) is 0 Å². The Labute approximate surface area is 168 Å². The first kappa shape index (κ1) is 20.1. The number of nitrogens with one attached hydrogen (secondary N) is 1. The lowest BCUT2D eigenvalue weighted by Gasteiger charge is -2.38. The molecule has 3 heterocycles. The van der Waals surface area contributed by atoms with Gasteiger partial charge in [-0.1, -0.05) is 6.42 Å². The zero-order valence-corrected chi connectivity index (χ0v) is 17.3. The van der Waals surface area contributed by atoms with Crippen molar-refractivity contribution in [1.82, 2.24) is 15.1 Å². The van der Waals surface area contributed by atoms with Crippen molar-refractivity contribution in [3.05, 3.63) is 0 Å². The summed E-state index contributed by atoms with van der Waals surface area (Å²) >= 11 is 0. The molecule has 0 aromatic rings. The molecule has 7 heteroatoms. The van der Waals surface area contributed by atoms with Gasteiger partial charge in [-0.25, -0.2) is 0 Å². The second-order valence-electron chi connectivity index (χ2n) is 9.18. The van der Waals surface area contributed by atoms with Gasteiger partial charge in [0, 0.05) is 50.1 Å². The van der Waals surface area contributed by atoms with Crippen LogP contribution in [0.25, 0.3) is 0 Å². The minimum atomic E-state index is -0.0673. The van der Waals surface area contributed by atoms with Gasteiger partial charge >= 0.3 is 0 Å². The van der Waals surface area contributed by atoms with E-state index in [0.29, 0.717) is 57.8 Å². The van der Waals surface area contributed by atoms with E-state index in [1.165, 1.54) is 19.3 Å². The predicted molar refractivity (Wildman–Crippen MR) is 105 cm³/mol. The topological polar surface area (TPSA) is 71.1 Å². The highest BCUT2D eigenvalue weighted by atomic mass is 16.5. The maximum atomic E-state index is 12.8. The van der Waals surface area contributed by atoms with Crippen LogP contribution in [-0.2, 0) is 19.1 Å². The summed E-state index contributed by atoms with van der Waals surface area (Å²) in [4.78, 5) is 29.8. The number of nitrogens with zero attached hydrogens (tertiary/aromatic N) is 2. The van der Waals surface area contributed by atoms with E-state index in [2.05, 4.69) is 10.2 Å². The Kier molecular flexibility index (Phi) is 6.23. The fourth-order valence-electron chi connectivity index (χ4n) is 5.42. The number of amides is 2. The number of hydrogen-bond donors (Lipinski definition) is 1. The Morgan fingerprint density at radius 1 is 1.14 bits per heavy atom. The van der Waals surface area contributed by atoms with Crippen molar-refractivity contribution in [2.45, 2.75) is 70.2 Å². The largest absolute Gasteiger partial charge is 0.378 e. The molecule has 1 N–H and O–H groups in total. The third-order valence-electron chi connectivity index (χ3n) is 6.95. The maximum absolute atomic E-state index is 12.8. The molecule has 158 valence electrons. The molecule has 1 saturated carbocycles. The molecule has 7 nitrogen and oxygen atoms in total. The molecule has 0 aromatic carbocycles. The predicted octanol–water partition coefficient (Wildman–Crippen LogP) is 1.02. The number of ether oxygens (including phenoxy) is 2. The highest BCUT2D eigenvalue weighted by Gasteiger charge is 2.53. The smallest absolute Gasteiger partial charge is 0.225 e. The van der Waals surface area contributed by atoms with Crippen LogP contribution in [0.4, 0.5) is 0 Å². The van der Waals surface area contributed by atoms with Crippen molar-refractivity contribution in [3.8, 4) is 0 Å². The first-order valence-electron chi connectivity index (χ1n) is 11.0. The van der Waals surface area contributed by atoms with Crippen LogP contribution in [0.2, 0.25) is 0 Å². The van der Waals surface area contributed by atoms with Crippen LogP contribution < -0.4 is 5.32 Å². The van der Waals surface area contributed by atoms with Gasteiger partial charge in [0.25, 0.3) is 0 Å². The van der Waals surface area contributed by atoms with E-state index in [4.69, 9.17) is 9.47 Å². The molecule has 4 aliphatic rings. The van der Waals surface area contributed by atoms with Gasteiger partial charge in [-0.2, -0.15) is 0 Å². The summed E-state index contributed by atoms with van der Waals surface area (Å²) in [7, 11) is 0. The molecule has 28 heavy (non-hydrogen) atoms. The van der Waals surface area contributed by atoms with E-state index in [-0.39, 0.29) is 35.8 Å². The molecular formula is C21H35N3O4. The Morgan fingerprint density at radius 2 is 1.89 bits per heavy atom. The van der Waals surface area contributed by atoms with Gasteiger partial charge in [-0.05, 0) is 32.6 Å². The molecule has 0 spiro atoms. The van der Waals surface area contributed by atoms with E-state index in [1.54, 1.807) is 0 Å². The van der Waals surface area contributed by atoms with Crippen LogP contribution in [0, 0.1) is 11.8 Å². The fourth-order valence-corrected chi connectivity index (χ4v) is 5.42. The summed E-state index contributed by atoms with van der Waals surface area (Å²) in [5.41, 5.74) is 0. The van der Waals surface area contributed by atoms with E-state index in [1.807, 2.05) is 18.7 Å². The second kappa shape index (κ2) is 8.67. The fraction of sp³-hybridized carbons (Fsp3) is 0.905. The van der Waals surface area contributed by atoms with E-state index < -0.39 is 0 Å². The Hall–Kier alpha value is -1.18. The van der Waals surface area contributed by atoms with Gasteiger partial charge in [0.15, 0.2) is 0 Å². The lowest BCUT2D eigenvalue weighted by atomic mass is 9.83. The Morgan fingerprint density at radius 3 is 2.54 bits per heavy atom. The monoisotopic (exact) mass is 393 g/mol. The number of fused-ring (bicyclic) bond motifs is 1. The summed E-state index contributed by atoms with van der Waals surface area (Å²) in [5, 5.41) is 3.04. The SMILES string of the molecule is CC(C)NC(=O)C[C@@H]1CN(C2CCC2)[C@@H]2CO[C@@H](CC(=O)N3CCOCC3)[C@H]12. The van der Waals surface area contributed by atoms with Gasteiger partial charge < -0.3 is 19.7 Å². The van der Waals surface area contributed by atoms with E-state index in [9.17, 15) is 9.59 Å². The number of hydrogen-bond acceptors (Lipinski definition) is 5. The molecule has 0 radical (unpaired) electrons. The first-order chi connectivity index (χ1) is 13.5. The van der Waals surface area contributed by atoms with Crippen LogP contribution in [-0.4, -0.2) is 85.3 Å². The maximum Gasteiger partial charge on any atom is 0.225 e. The minimum absolute atomic E-state index is 0.0673. The summed E-state index contributed by atoms with van der Waals surface area (Å²) in [6, 6.07) is 1.17. The van der Waals surface area contributed by atoms with Crippen molar-refractivity contribution in [2.24, 2.45) is 11.8 Å². The number of rotatable bonds is 6. The van der Waals surface area contributed by atoms with Crippen molar-refractivity contribution >= 4 is 11.8 Å². The van der Waals surface area contributed by atoms with Crippen molar-refractivity contribution in [1.29, 1.82) is 0 Å². The van der Waals surface area contributed by atoms with Crippen LogP contribution in [0.1, 0.15) is 46.0 Å². The Bertz CT molecular complexity index is 574. The quantitative estimate of drug-likeness (QED) is 0.730. The van der Waals surface area contributed by atoms with Gasteiger partial charge in [0.1, 0.15) is 0 Å². The third-order valence-corrected chi connectivity index (χ3v) is 6.95. The molecule has 0 unspecified atom stereocenters. The minimum Gasteiger partial charge on any atom is -0.378 e. The third kappa shape index (κ3) is 4.21. The van der Waals surface area contributed by atoms with E-state index in [0.717, 1.165) is 6.54 Å². The number of carbonyl (C=O) groups is 2. The first-order valence-corrected chi connectivity index (χ1v) is 11.0. The van der Waals surface area contributed by atoms with Gasteiger partial charge in [-0.15, -0.1) is 0 Å². The summed E-state index contributed by atoms with van der Waals surface area (Å²) in [6.07, 6.45) is 4.71. The van der Waals surface area contributed by atoms with Crippen molar-refractivity contribution in [3.63, 3.8) is 0 Å². The molecule has 3 aliphatic heterocycles. The highest BCUT2D eigenvalue weighted by molar-refractivity contribution is 5.77. The molecule has 4 atom stereocenters. The van der Waals surface area contributed by atoms with Gasteiger partial charge in [0.2, 0.25) is 11.8 Å². The van der Waals surface area contributed by atoms with Crippen molar-refractivity contribution in [2.75, 3.05) is 39.5 Å². The zero-order chi connectivity index (χ0) is 19.7. The number of likely N-dealkylation sites (tertiary alicyclic amines) is 1. The summed E-state index contributed by atoms with van der Waals surface area (Å²) in [6.45, 7) is 8.26. The molecular weight excluding hydrogens is 358 g/mol. The average molecular weight is 394 g/mol. The molecule has 1 aliphatic carbocycles. The second-order valence-corrected chi connectivity index (χ2v) is 9.18.